The van der Waals surface area contributed by atoms with Crippen LogP contribution >= 0.6 is 26.0 Å². The van der Waals surface area contributed by atoms with E-state index in [0.717, 1.165) is 37.7 Å². The maximum atomic E-state index is 14.9. The summed E-state index contributed by atoms with van der Waals surface area (Å²) in [5.74, 6) is 1.13. The van der Waals surface area contributed by atoms with Crippen LogP contribution < -0.4 is 0 Å². The lowest BCUT2D eigenvalue weighted by Gasteiger charge is -2.40. The van der Waals surface area contributed by atoms with Crippen LogP contribution in [0.1, 0.15) is 128 Å². The molecule has 4 rings (SSSR count). The van der Waals surface area contributed by atoms with Gasteiger partial charge in [0.25, 0.3) is 0 Å². The molecule has 0 N–H and O–H groups in total. The molecule has 37 heavy (non-hydrogen) atoms. The molecule has 3 nitrogen and oxygen atoms in total. The quantitative estimate of drug-likeness (QED) is 0.206. The minimum absolute atomic E-state index is 0.502. The zero-order valence-electron chi connectivity index (χ0n) is 24.3. The van der Waals surface area contributed by atoms with Gasteiger partial charge in [0, 0.05) is 60.3 Å². The van der Waals surface area contributed by atoms with Gasteiger partial charge in [-0.1, -0.05) is 77.0 Å². The van der Waals surface area contributed by atoms with Crippen LogP contribution in [0.25, 0.3) is 0 Å². The Hall–Kier alpha value is 0.770. The molecular weight excluding hydrogens is 512 g/mol. The molecule has 0 unspecified atom stereocenters. The second-order valence-corrected chi connectivity index (χ2v) is 21.4. The molecule has 0 spiro atoms. The van der Waals surface area contributed by atoms with Crippen molar-refractivity contribution in [1.82, 2.24) is 4.90 Å². The highest BCUT2D eigenvalue weighted by molar-refractivity contribution is 7.98. The molecule has 0 amide bonds. The first-order chi connectivity index (χ1) is 18.1. The topological polar surface area (TPSA) is 37.4 Å². The molecule has 4 saturated carbocycles. The van der Waals surface area contributed by atoms with E-state index in [9.17, 15) is 9.13 Å². The van der Waals surface area contributed by atoms with Gasteiger partial charge in [-0.3, -0.25) is 0 Å². The fraction of sp³-hybridized carbons (Fsp3) is 1.00. The highest BCUT2D eigenvalue weighted by atomic mass is 32.2. The van der Waals surface area contributed by atoms with E-state index in [0.29, 0.717) is 22.6 Å². The molecule has 0 heterocycles. The minimum atomic E-state index is -2.19. The smallest absolute Gasteiger partial charge is 0.0948 e. The molecule has 0 aliphatic heterocycles. The van der Waals surface area contributed by atoms with Crippen LogP contribution in [0.5, 0.6) is 0 Å². The number of hydrogen-bond acceptors (Lipinski definition) is 4. The second kappa shape index (κ2) is 15.7. The van der Waals surface area contributed by atoms with Crippen LogP contribution in [0.3, 0.4) is 0 Å². The number of thioether (sulfide) groups is 1. The van der Waals surface area contributed by atoms with E-state index in [1.807, 2.05) is 11.8 Å². The number of hydrogen-bond donors (Lipinski definition) is 0. The Morgan fingerprint density at radius 2 is 0.811 bits per heavy atom. The number of nitrogens with zero attached hydrogens (tertiary/aromatic N) is 1. The maximum Gasteiger partial charge on any atom is 0.0948 e. The maximum absolute atomic E-state index is 14.9. The summed E-state index contributed by atoms with van der Waals surface area (Å²) in [7, 11) is -4.38. The van der Waals surface area contributed by atoms with Gasteiger partial charge in [0.05, 0.1) is 14.3 Å². The van der Waals surface area contributed by atoms with Crippen molar-refractivity contribution >= 4 is 26.0 Å². The van der Waals surface area contributed by atoms with Crippen LogP contribution in [-0.4, -0.2) is 71.5 Å². The lowest BCUT2D eigenvalue weighted by molar-refractivity contribution is 0.320. The SMILES string of the molecule is CSCCN(CCP(=O)(C1CCCCC1)C1CCCCC1)CCP(=O)(C1CCCCC1)C1CCCCC1. The molecule has 0 aromatic rings. The Bertz CT molecular complexity index is 635. The van der Waals surface area contributed by atoms with E-state index >= 15 is 0 Å². The second-order valence-electron chi connectivity index (χ2n) is 13.2. The fourth-order valence-electron chi connectivity index (χ4n) is 8.55. The first-order valence-corrected chi connectivity index (χ1v) is 21.9. The highest BCUT2D eigenvalue weighted by Gasteiger charge is 2.43. The van der Waals surface area contributed by atoms with Crippen molar-refractivity contribution in [2.45, 2.75) is 151 Å². The Morgan fingerprint density at radius 1 is 0.514 bits per heavy atom. The van der Waals surface area contributed by atoms with Crippen LogP contribution in [0.4, 0.5) is 0 Å². The van der Waals surface area contributed by atoms with Gasteiger partial charge in [0.2, 0.25) is 0 Å². The molecule has 0 aromatic carbocycles. The van der Waals surface area contributed by atoms with E-state index < -0.39 is 14.3 Å². The van der Waals surface area contributed by atoms with Crippen molar-refractivity contribution in [2.75, 3.05) is 44.0 Å². The van der Waals surface area contributed by atoms with Gasteiger partial charge in [-0.25, -0.2) is 0 Å². The summed E-state index contributed by atoms with van der Waals surface area (Å²) in [5.41, 5.74) is 2.01. The van der Waals surface area contributed by atoms with E-state index in [1.165, 1.54) is 128 Å². The third-order valence-corrected chi connectivity index (χ3v) is 20.3. The molecule has 4 aliphatic rings. The number of rotatable bonds is 13. The molecule has 0 aromatic heterocycles. The van der Waals surface area contributed by atoms with E-state index in [2.05, 4.69) is 11.2 Å². The standard InChI is InChI=1S/C31H59NO2P2S/c1-37-27-24-32(22-25-35(33,28-14-6-2-7-15-28)29-16-8-3-9-17-29)23-26-36(34,30-18-10-4-11-19-30)31-20-12-5-13-21-31/h28-31H,2-27H2,1H3. The Morgan fingerprint density at radius 3 is 1.08 bits per heavy atom. The molecule has 0 radical (unpaired) electrons. The molecule has 216 valence electrons. The average molecular weight is 572 g/mol. The summed E-state index contributed by atoms with van der Waals surface area (Å²) in [6.45, 7) is 3.05. The van der Waals surface area contributed by atoms with Gasteiger partial charge >= 0.3 is 0 Å². The first kappa shape index (κ1) is 30.7. The van der Waals surface area contributed by atoms with Crippen molar-refractivity contribution < 1.29 is 9.13 Å². The van der Waals surface area contributed by atoms with Crippen molar-refractivity contribution in [3.8, 4) is 0 Å². The first-order valence-electron chi connectivity index (χ1n) is 16.4. The summed E-state index contributed by atoms with van der Waals surface area (Å²) in [6, 6.07) is 0. The summed E-state index contributed by atoms with van der Waals surface area (Å²) in [5, 5.41) is 0. The summed E-state index contributed by atoms with van der Waals surface area (Å²) >= 11 is 1.93. The fourth-order valence-corrected chi connectivity index (χ4v) is 17.8. The van der Waals surface area contributed by atoms with Gasteiger partial charge in [-0.05, 0) is 57.6 Å². The Kier molecular flexibility index (Phi) is 13.0. The summed E-state index contributed by atoms with van der Waals surface area (Å²) in [6.07, 6.45) is 29.6. The largest absolute Gasteiger partial charge is 0.323 e. The summed E-state index contributed by atoms with van der Waals surface area (Å²) in [4.78, 5) is 2.63. The van der Waals surface area contributed by atoms with Crippen LogP contribution in [0.2, 0.25) is 0 Å². The molecule has 6 heteroatoms. The Labute approximate surface area is 234 Å². The zero-order valence-corrected chi connectivity index (χ0v) is 26.9. The molecule has 0 bridgehead atoms. The Balaban J connectivity index is 1.45. The molecule has 0 atom stereocenters. The van der Waals surface area contributed by atoms with Gasteiger partial charge in [0.1, 0.15) is 0 Å². The third kappa shape index (κ3) is 8.39. The van der Waals surface area contributed by atoms with Crippen LogP contribution in [0.15, 0.2) is 0 Å². The lowest BCUT2D eigenvalue weighted by atomic mass is 9.99. The van der Waals surface area contributed by atoms with Crippen molar-refractivity contribution in [2.24, 2.45) is 0 Å². The van der Waals surface area contributed by atoms with Gasteiger partial charge in [-0.2, -0.15) is 11.8 Å². The minimum Gasteiger partial charge on any atom is -0.323 e. The average Bonchev–Trinajstić information content (AvgIpc) is 2.98. The van der Waals surface area contributed by atoms with Crippen LogP contribution in [-0.2, 0) is 9.13 Å². The third-order valence-electron chi connectivity index (χ3n) is 10.9. The van der Waals surface area contributed by atoms with Crippen molar-refractivity contribution in [1.29, 1.82) is 0 Å². The van der Waals surface area contributed by atoms with Gasteiger partial charge in [-0.15, -0.1) is 0 Å². The molecule has 0 saturated heterocycles. The molecule has 4 aliphatic carbocycles. The van der Waals surface area contributed by atoms with E-state index in [4.69, 9.17) is 0 Å². The van der Waals surface area contributed by atoms with Crippen molar-refractivity contribution in [3.63, 3.8) is 0 Å². The van der Waals surface area contributed by atoms with E-state index in [1.54, 1.807) is 0 Å². The zero-order chi connectivity index (χ0) is 26.0. The summed E-state index contributed by atoms with van der Waals surface area (Å²) < 4.78 is 29.8. The van der Waals surface area contributed by atoms with Gasteiger partial charge < -0.3 is 14.0 Å². The highest BCUT2D eigenvalue weighted by Crippen LogP contribution is 2.64. The van der Waals surface area contributed by atoms with Crippen LogP contribution in [0, 0.1) is 0 Å². The predicted octanol–water partition coefficient (Wildman–Crippen LogP) is 9.71. The van der Waals surface area contributed by atoms with E-state index in [-0.39, 0.29) is 0 Å². The molecule has 4 fully saturated rings. The predicted molar refractivity (Wildman–Crippen MR) is 167 cm³/mol. The monoisotopic (exact) mass is 571 g/mol. The van der Waals surface area contributed by atoms with Gasteiger partial charge in [0.15, 0.2) is 0 Å². The lowest BCUT2D eigenvalue weighted by Crippen LogP contribution is -2.36. The molecular formula is C31H59NO2P2S. The van der Waals surface area contributed by atoms with Crippen molar-refractivity contribution in [3.05, 3.63) is 0 Å². The normalized spacial score (nSPS) is 24.6.